The Morgan fingerprint density at radius 1 is 0.412 bits per heavy atom. The van der Waals surface area contributed by atoms with Gasteiger partial charge in [0.05, 0.1) is 0 Å². The minimum absolute atomic E-state index is 0. The maximum Gasteiger partial charge on any atom is 2.00 e. The summed E-state index contributed by atoms with van der Waals surface area (Å²) in [5.41, 5.74) is 4.20. The molecule has 0 spiro atoms. The van der Waals surface area contributed by atoms with Crippen molar-refractivity contribution in [3.05, 3.63) is 60.4 Å². The van der Waals surface area contributed by atoms with Crippen molar-refractivity contribution in [1.29, 1.82) is 0 Å². The maximum atomic E-state index is 5.32. The molecule has 0 aliphatic carbocycles. The van der Waals surface area contributed by atoms with E-state index in [2.05, 4.69) is 311 Å². The van der Waals surface area contributed by atoms with Gasteiger partial charge < -0.3 is 11.8 Å². The van der Waals surface area contributed by atoms with E-state index < -0.39 is 0 Å². The first kappa shape index (κ1) is 128. The second-order valence-corrected chi connectivity index (χ2v) is 41.6. The number of allylic oxidation sites excluding steroid dienone is 7. The molecule has 0 fully saturated rings. The molecule has 0 nitrogen and oxygen atoms in total. The Balaban J connectivity index is -0.0000000412. The van der Waals surface area contributed by atoms with Crippen molar-refractivity contribution in [1.82, 2.24) is 0 Å². The third kappa shape index (κ3) is 178. The summed E-state index contributed by atoms with van der Waals surface area (Å²) in [4.78, 5) is 4.58. The molecular formula is C66H119W14-5. The molecule has 472 valence electrons. The molecule has 0 aliphatic heterocycles. The first-order chi connectivity index (χ1) is 32.5. The molecule has 0 N–H and O–H groups in total. The summed E-state index contributed by atoms with van der Waals surface area (Å²) in [5.74, 6) is 2.83. The van der Waals surface area contributed by atoms with Crippen molar-refractivity contribution in [3.63, 3.8) is 0 Å². The molecule has 0 aromatic carbocycles. The van der Waals surface area contributed by atoms with Gasteiger partial charge in [-0.15, -0.1) is 0 Å². The van der Waals surface area contributed by atoms with Crippen molar-refractivity contribution in [3.8, 4) is 0 Å². The Labute approximate surface area is 668 Å². The predicted octanol–water partition coefficient (Wildman–Crippen LogP) is 18.6. The first-order valence-electron chi connectivity index (χ1n) is 25.0. The van der Waals surface area contributed by atoms with Gasteiger partial charge in [-0.1, -0.05) is 7.43 Å². The number of hydrogen-bond donors (Lipinski definition) is 0. The minimum atomic E-state index is -0.0567. The molecule has 0 aromatic heterocycles. The topological polar surface area (TPSA) is 0 Å². The van der Waals surface area contributed by atoms with Gasteiger partial charge in [0, 0.05) is 21.1 Å². The molecule has 0 radical (unpaired) electrons. The van der Waals surface area contributed by atoms with Crippen molar-refractivity contribution in [2.75, 3.05) is 0 Å². The van der Waals surface area contributed by atoms with Crippen molar-refractivity contribution in [2.45, 2.75) is 257 Å². The van der Waals surface area contributed by atoms with Gasteiger partial charge >= 0.3 is 598 Å². The van der Waals surface area contributed by atoms with E-state index in [0.717, 1.165) is 19.4 Å². The van der Waals surface area contributed by atoms with Crippen LogP contribution in [0.3, 0.4) is 0 Å². The Bertz CT molecular complexity index is 1530. The SMILES string of the molecule is C.CC(C)(C)[C-]=CC(=C[CH]=[W])C(C)(C)C.CC(C)(C)[C-]=C[C](=[W])C(C)(C)C.CC(C)(C)[C-]=[W].CC(C)(C)[C-]=[W].CC(C)(C)[C-]=[W].CC(C)(C)[C-]=[W].CC(C)(C)[C-]=[W]=[W].C[C-](C)C.C[C-](C)C.[CH-]=C[C](=[W])C(C)(C)C.[CH-]=[W].[W+2].[W+2].[W+2].[W]. The van der Waals surface area contributed by atoms with Gasteiger partial charge in [-0.3, -0.25) is 0 Å². The van der Waals surface area contributed by atoms with E-state index in [1.165, 1.54) is 141 Å². The molecule has 0 rings (SSSR count). The van der Waals surface area contributed by atoms with Crippen LogP contribution in [0.15, 0.2) is 29.9 Å². The first-order valence-corrected chi connectivity index (χ1v) is 49.6. The Kier molecular flexibility index (Phi) is 111. The van der Waals surface area contributed by atoms with E-state index in [0.29, 0.717) is 32.5 Å². The summed E-state index contributed by atoms with van der Waals surface area (Å²) < 4.78 is 21.2. The molecule has 0 aromatic rings. The molecular weight excluding hydrogens is 3370 g/mol. The second-order valence-electron chi connectivity index (χ2n) is 28.3. The minimum Gasteiger partial charge on any atom is 0 e. The van der Waals surface area contributed by atoms with E-state index in [1.54, 1.807) is 41.7 Å². The normalized spacial score (nSPS) is 11.0. The van der Waals surface area contributed by atoms with Crippen LogP contribution >= 0.6 is 0 Å². The summed E-state index contributed by atoms with van der Waals surface area (Å²) in [6, 6.07) is 0. The molecule has 0 bridgehead atoms. The van der Waals surface area contributed by atoms with Crippen LogP contribution in [0, 0.1) is 84.7 Å². The van der Waals surface area contributed by atoms with Gasteiger partial charge in [0.15, 0.2) is 0 Å². The van der Waals surface area contributed by atoms with E-state index in [1.807, 2.05) is 0 Å². The van der Waals surface area contributed by atoms with Crippen LogP contribution < -0.4 is 0 Å². The molecule has 0 saturated heterocycles. The quantitative estimate of drug-likeness (QED) is 0.194. The summed E-state index contributed by atoms with van der Waals surface area (Å²) >= 11 is 13.1. The molecule has 0 aliphatic rings. The molecule has 0 saturated carbocycles. The third-order valence-corrected chi connectivity index (χ3v) is 25.2. The fraction of sp³-hybridized carbons (Fsp3) is 0.712. The Hall–Kier alpha value is 7.43. The Morgan fingerprint density at radius 3 is 0.700 bits per heavy atom. The monoisotopic (exact) mass is 3490 g/mol. The molecule has 0 unspecified atom stereocenters. The van der Waals surface area contributed by atoms with Crippen LogP contribution in [0.4, 0.5) is 0 Å². The standard InChI is InChI=1S/C13H21.C11H19.C7H11.5C5H9.2C4H9.CH4.CH.14W/c1-8-11(13(5,6)7)9-10-12(2,3)4;1-10(2,3)8-7-9-11(4,5)6;1-5-6-7(2,3)4;5*1-5(2,3)4;2*1-4(2)3;;;;;;;;;;;;;;;;/h1,8-9H,2-7H3;7H,1-6H3;1,5H,2-4H3;5*1-3H3;2*1-3H3;1H4;1H;;;;;;;;;;;;;;/q10*-1;;-1;;;;;;;;;;;;3*+2. The van der Waals surface area contributed by atoms with Crippen LogP contribution in [0.1, 0.15) is 257 Å². The zero-order valence-corrected chi connectivity index (χ0v) is 97.8. The molecule has 0 amide bonds. The smallest absolute Gasteiger partial charge is 0 e. The molecule has 14 heteroatoms. The van der Waals surface area contributed by atoms with Crippen LogP contribution in [-0.4, -0.2) is 39.1 Å². The summed E-state index contributed by atoms with van der Waals surface area (Å²) in [5, 5.41) is 0. The van der Waals surface area contributed by atoms with Crippen molar-refractivity contribution >= 4 is 39.1 Å². The van der Waals surface area contributed by atoms with E-state index in [-0.39, 0.29) is 128 Å². The van der Waals surface area contributed by atoms with E-state index in [9.17, 15) is 0 Å². The summed E-state index contributed by atoms with van der Waals surface area (Å²) in [6.45, 7) is 83.3. The van der Waals surface area contributed by atoms with Gasteiger partial charge in [-0.25, -0.2) is 0 Å². The zero-order valence-electron chi connectivity index (χ0n) is 56.8. The zero-order chi connectivity index (χ0) is 64.1. The maximum absolute atomic E-state index is 5.32. The van der Waals surface area contributed by atoms with Gasteiger partial charge in [0.25, 0.3) is 0 Å². The van der Waals surface area contributed by atoms with Gasteiger partial charge in [0.2, 0.25) is 0 Å². The molecule has 80 heavy (non-hydrogen) atoms. The summed E-state index contributed by atoms with van der Waals surface area (Å²) in [6.07, 6.45) is 15.0. The van der Waals surface area contributed by atoms with Crippen molar-refractivity contribution in [2.24, 2.45) is 54.1 Å². The van der Waals surface area contributed by atoms with E-state index >= 15 is 0 Å². The predicted molar refractivity (Wildman–Crippen MR) is 322 cm³/mol. The molecule has 0 atom stereocenters. The second kappa shape index (κ2) is 69.3. The van der Waals surface area contributed by atoms with Crippen LogP contribution in [-0.2, 0) is 270 Å². The number of rotatable bonds is 4. The third-order valence-electron chi connectivity index (χ3n) is 5.61. The van der Waals surface area contributed by atoms with E-state index in [4.69, 9.17) is 6.58 Å². The van der Waals surface area contributed by atoms with Gasteiger partial charge in [-0.2, -0.15) is 41.5 Å². The fourth-order valence-electron chi connectivity index (χ4n) is 1.76. The van der Waals surface area contributed by atoms with Crippen LogP contribution in [0.5, 0.6) is 0 Å². The van der Waals surface area contributed by atoms with Gasteiger partial charge in [-0.05, 0) is 0 Å². The number of hydrogen-bond acceptors (Lipinski definition) is 0. The average molecular weight is 3490 g/mol. The van der Waals surface area contributed by atoms with Crippen molar-refractivity contribution < 1.29 is 270 Å². The van der Waals surface area contributed by atoms with Crippen LogP contribution in [0.25, 0.3) is 0 Å². The van der Waals surface area contributed by atoms with Gasteiger partial charge in [0.1, 0.15) is 0 Å². The largest absolute Gasteiger partial charge is 2.00 e. The average Bonchev–Trinajstić information content (AvgIpc) is 3.17. The van der Waals surface area contributed by atoms with Crippen LogP contribution in [0.2, 0.25) is 0 Å². The summed E-state index contributed by atoms with van der Waals surface area (Å²) in [7, 11) is 0. The Morgan fingerprint density at radius 2 is 0.613 bits per heavy atom. The fourth-order valence-corrected chi connectivity index (χ4v) is 10.7. The molecule has 0 heterocycles.